The summed E-state index contributed by atoms with van der Waals surface area (Å²) in [6, 6.07) is 12.1. The zero-order chi connectivity index (χ0) is 18.0. The van der Waals surface area contributed by atoms with Gasteiger partial charge in [-0.15, -0.1) is 0 Å². The van der Waals surface area contributed by atoms with Crippen LogP contribution in [-0.2, 0) is 6.54 Å². The van der Waals surface area contributed by atoms with Crippen LogP contribution in [0, 0.1) is 5.82 Å². The van der Waals surface area contributed by atoms with Crippen LogP contribution in [0.2, 0.25) is 0 Å². The molecule has 1 heterocycles. The summed E-state index contributed by atoms with van der Waals surface area (Å²) in [7, 11) is 1.60. The Morgan fingerprint density at radius 3 is 2.56 bits per heavy atom. The molecule has 1 N–H and O–H groups in total. The Labute approximate surface area is 141 Å². The molecule has 3 rings (SSSR count). The lowest BCUT2D eigenvalue weighted by atomic mass is 10.2. The van der Waals surface area contributed by atoms with Crippen molar-refractivity contribution in [3.05, 3.63) is 65.6 Å². The van der Waals surface area contributed by atoms with Gasteiger partial charge >= 0.3 is 6.61 Å². The van der Waals surface area contributed by atoms with Crippen LogP contribution in [0.1, 0.15) is 16.1 Å². The van der Waals surface area contributed by atoms with Crippen molar-refractivity contribution >= 4 is 16.8 Å². The number of hydrogen-bond acceptors (Lipinski definition) is 2. The van der Waals surface area contributed by atoms with Crippen molar-refractivity contribution in [2.24, 2.45) is 0 Å². The summed E-state index contributed by atoms with van der Waals surface area (Å²) >= 11 is 0. The zero-order valence-electron chi connectivity index (χ0n) is 13.3. The molecule has 7 heteroatoms. The average Bonchev–Trinajstić information content (AvgIpc) is 3.01. The second kappa shape index (κ2) is 6.88. The normalized spacial score (nSPS) is 11.1. The fraction of sp³-hybridized carbons (Fsp3) is 0.167. The van der Waals surface area contributed by atoms with E-state index in [1.165, 1.54) is 29.2 Å². The van der Waals surface area contributed by atoms with E-state index in [2.05, 4.69) is 9.72 Å². The number of ether oxygens (including phenoxy) is 1. The van der Waals surface area contributed by atoms with Gasteiger partial charge in [0.25, 0.3) is 5.91 Å². The molecule has 4 nitrogen and oxygen atoms in total. The van der Waals surface area contributed by atoms with E-state index >= 15 is 0 Å². The molecule has 1 aromatic heterocycles. The van der Waals surface area contributed by atoms with Crippen molar-refractivity contribution < 1.29 is 22.7 Å². The van der Waals surface area contributed by atoms with Gasteiger partial charge in [0.05, 0.1) is 0 Å². The number of fused-ring (bicyclic) bond motifs is 1. The third-order valence-corrected chi connectivity index (χ3v) is 3.76. The number of aromatic nitrogens is 1. The fourth-order valence-corrected chi connectivity index (χ4v) is 2.56. The molecular formula is C18H15F3N2O2. The van der Waals surface area contributed by atoms with E-state index in [4.69, 9.17) is 0 Å². The first kappa shape index (κ1) is 16.9. The summed E-state index contributed by atoms with van der Waals surface area (Å²) in [5.41, 5.74) is 1.57. The van der Waals surface area contributed by atoms with Gasteiger partial charge in [0, 0.05) is 24.5 Å². The first-order chi connectivity index (χ1) is 11.9. The maximum atomic E-state index is 13.7. The lowest BCUT2D eigenvalue weighted by Gasteiger charge is -2.16. The number of amides is 1. The largest absolute Gasteiger partial charge is 0.435 e. The topological polar surface area (TPSA) is 45.3 Å². The Morgan fingerprint density at radius 2 is 1.92 bits per heavy atom. The Hall–Kier alpha value is -2.96. The van der Waals surface area contributed by atoms with Crippen molar-refractivity contribution in [1.82, 2.24) is 9.88 Å². The quantitative estimate of drug-likeness (QED) is 0.752. The molecule has 2 aromatic carbocycles. The van der Waals surface area contributed by atoms with Crippen molar-refractivity contribution in [3.63, 3.8) is 0 Å². The highest BCUT2D eigenvalue weighted by atomic mass is 19.3. The van der Waals surface area contributed by atoms with Gasteiger partial charge in [-0.25, -0.2) is 4.39 Å². The number of carbonyl (C=O) groups is 1. The number of hydrogen-bond donors (Lipinski definition) is 1. The maximum Gasteiger partial charge on any atom is 0.387 e. The molecule has 0 radical (unpaired) electrons. The second-order valence-corrected chi connectivity index (χ2v) is 5.57. The predicted molar refractivity (Wildman–Crippen MR) is 87.1 cm³/mol. The Morgan fingerprint density at radius 1 is 1.20 bits per heavy atom. The molecular weight excluding hydrogens is 333 g/mol. The van der Waals surface area contributed by atoms with Crippen LogP contribution < -0.4 is 4.74 Å². The standard InChI is InChI=1S/C18H15F3N2O2/c1-23(10-11-5-7-12(8-6-11)25-18(20)21)17(24)16-9-13-14(19)3-2-4-15(13)22-16/h2-9,18,22H,10H2,1H3. The van der Waals surface area contributed by atoms with Gasteiger partial charge < -0.3 is 14.6 Å². The van der Waals surface area contributed by atoms with E-state index in [1.54, 1.807) is 31.3 Å². The molecule has 0 unspecified atom stereocenters. The van der Waals surface area contributed by atoms with Crippen LogP contribution in [0.5, 0.6) is 5.75 Å². The van der Waals surface area contributed by atoms with Crippen molar-refractivity contribution in [3.8, 4) is 5.75 Å². The summed E-state index contributed by atoms with van der Waals surface area (Å²) in [4.78, 5) is 16.8. The van der Waals surface area contributed by atoms with Crippen LogP contribution in [-0.4, -0.2) is 29.5 Å². The number of carbonyl (C=O) groups excluding carboxylic acids is 1. The third-order valence-electron chi connectivity index (χ3n) is 3.76. The van der Waals surface area contributed by atoms with Gasteiger partial charge in [0.1, 0.15) is 17.3 Å². The summed E-state index contributed by atoms with van der Waals surface area (Å²) in [5.74, 6) is -0.646. The molecule has 0 spiro atoms. The molecule has 130 valence electrons. The van der Waals surface area contributed by atoms with Crippen LogP contribution >= 0.6 is 0 Å². The Bertz CT molecular complexity index is 891. The molecule has 0 saturated heterocycles. The molecule has 0 atom stereocenters. The third kappa shape index (κ3) is 3.76. The van der Waals surface area contributed by atoms with E-state index in [1.807, 2.05) is 0 Å². The molecule has 0 saturated carbocycles. The van der Waals surface area contributed by atoms with Gasteiger partial charge in [-0.1, -0.05) is 18.2 Å². The molecule has 3 aromatic rings. The second-order valence-electron chi connectivity index (χ2n) is 5.57. The number of aromatic amines is 1. The first-order valence-corrected chi connectivity index (χ1v) is 7.50. The van der Waals surface area contributed by atoms with Crippen LogP contribution in [0.4, 0.5) is 13.2 Å². The summed E-state index contributed by atoms with van der Waals surface area (Å²) in [6.45, 7) is -2.61. The maximum absolute atomic E-state index is 13.7. The van der Waals surface area contributed by atoms with Gasteiger partial charge in [-0.2, -0.15) is 8.78 Å². The highest BCUT2D eigenvalue weighted by Gasteiger charge is 2.16. The Kier molecular flexibility index (Phi) is 4.65. The molecule has 0 aliphatic rings. The van der Waals surface area contributed by atoms with Gasteiger partial charge in [-0.3, -0.25) is 4.79 Å². The molecule has 0 fully saturated rings. The summed E-state index contributed by atoms with van der Waals surface area (Å²) < 4.78 is 42.3. The number of benzene rings is 2. The minimum absolute atomic E-state index is 0.0545. The summed E-state index contributed by atoms with van der Waals surface area (Å²) in [5, 5.41) is 0.354. The number of H-pyrrole nitrogens is 1. The van der Waals surface area contributed by atoms with E-state index in [9.17, 15) is 18.0 Å². The number of rotatable bonds is 5. The van der Waals surface area contributed by atoms with Crippen molar-refractivity contribution in [2.45, 2.75) is 13.2 Å². The van der Waals surface area contributed by atoms with E-state index in [0.29, 0.717) is 10.9 Å². The summed E-state index contributed by atoms with van der Waals surface area (Å²) in [6.07, 6.45) is 0. The average molecular weight is 348 g/mol. The number of halogens is 3. The molecule has 0 aliphatic carbocycles. The van der Waals surface area contributed by atoms with E-state index in [-0.39, 0.29) is 23.9 Å². The van der Waals surface area contributed by atoms with Crippen molar-refractivity contribution in [2.75, 3.05) is 7.05 Å². The molecule has 0 bridgehead atoms. The first-order valence-electron chi connectivity index (χ1n) is 7.50. The number of alkyl halides is 2. The van der Waals surface area contributed by atoms with Gasteiger partial charge in [0.2, 0.25) is 0 Å². The van der Waals surface area contributed by atoms with Crippen LogP contribution in [0.25, 0.3) is 10.9 Å². The molecule has 25 heavy (non-hydrogen) atoms. The molecule has 1 amide bonds. The van der Waals surface area contributed by atoms with Gasteiger partial charge in [0.15, 0.2) is 0 Å². The van der Waals surface area contributed by atoms with E-state index in [0.717, 1.165) is 5.56 Å². The minimum Gasteiger partial charge on any atom is -0.435 e. The Balaban J connectivity index is 1.72. The highest BCUT2D eigenvalue weighted by molar-refractivity contribution is 5.98. The van der Waals surface area contributed by atoms with Gasteiger partial charge in [-0.05, 0) is 35.9 Å². The lowest BCUT2D eigenvalue weighted by molar-refractivity contribution is -0.0498. The SMILES string of the molecule is CN(Cc1ccc(OC(F)F)cc1)C(=O)c1cc2c(F)cccc2[nH]1. The van der Waals surface area contributed by atoms with Crippen molar-refractivity contribution in [1.29, 1.82) is 0 Å². The molecule has 0 aliphatic heterocycles. The predicted octanol–water partition coefficient (Wildman–Crippen LogP) is 4.18. The zero-order valence-corrected chi connectivity index (χ0v) is 13.3. The van der Waals surface area contributed by atoms with Crippen LogP contribution in [0.15, 0.2) is 48.5 Å². The minimum atomic E-state index is -2.88. The fourth-order valence-electron chi connectivity index (χ4n) is 2.56. The van der Waals surface area contributed by atoms with E-state index < -0.39 is 12.4 Å². The monoisotopic (exact) mass is 348 g/mol. The highest BCUT2D eigenvalue weighted by Crippen LogP contribution is 2.20. The lowest BCUT2D eigenvalue weighted by Crippen LogP contribution is -2.26. The number of nitrogens with one attached hydrogen (secondary N) is 1. The van der Waals surface area contributed by atoms with Crippen LogP contribution in [0.3, 0.4) is 0 Å². The number of nitrogens with zero attached hydrogens (tertiary/aromatic N) is 1. The smallest absolute Gasteiger partial charge is 0.387 e.